The molecule has 2 aromatic carbocycles. The van der Waals surface area contributed by atoms with E-state index in [-0.39, 0.29) is 12.0 Å². The van der Waals surface area contributed by atoms with Crippen LogP contribution in [-0.2, 0) is 16.0 Å². The van der Waals surface area contributed by atoms with E-state index in [9.17, 15) is 9.59 Å². The third-order valence-electron chi connectivity index (χ3n) is 4.51. The minimum absolute atomic E-state index is 0.141. The molecule has 0 aromatic heterocycles. The highest BCUT2D eigenvalue weighted by Gasteiger charge is 2.20. The number of benzene rings is 2. The standard InChI is InChI=1S/C21H24N2O4/c22-20(24)19(13-15-5-2-1-3-6-15)23-21(25)16-8-10-17(11-9-16)27-14-18-7-4-12-26-18/h1-3,5-6,8-11,18-19H,4,7,12-14H2,(H2,22,24)(H,23,25). The predicted octanol–water partition coefficient (Wildman–Crippen LogP) is 2.07. The van der Waals surface area contributed by atoms with Gasteiger partial charge in [0.1, 0.15) is 18.4 Å². The van der Waals surface area contributed by atoms with Crippen LogP contribution in [-0.4, -0.2) is 37.2 Å². The van der Waals surface area contributed by atoms with Crippen molar-refractivity contribution in [1.82, 2.24) is 5.32 Å². The monoisotopic (exact) mass is 368 g/mol. The smallest absolute Gasteiger partial charge is 0.251 e. The summed E-state index contributed by atoms with van der Waals surface area (Å²) in [5.41, 5.74) is 6.82. The van der Waals surface area contributed by atoms with Gasteiger partial charge in [-0.3, -0.25) is 9.59 Å². The predicted molar refractivity (Wildman–Crippen MR) is 102 cm³/mol. The molecule has 2 aromatic rings. The molecule has 1 heterocycles. The molecule has 0 aliphatic carbocycles. The fraction of sp³-hybridized carbons (Fsp3) is 0.333. The maximum absolute atomic E-state index is 12.4. The van der Waals surface area contributed by atoms with Crippen LogP contribution in [0.2, 0.25) is 0 Å². The molecule has 27 heavy (non-hydrogen) atoms. The Kier molecular flexibility index (Phi) is 6.44. The van der Waals surface area contributed by atoms with Crippen LogP contribution >= 0.6 is 0 Å². The van der Waals surface area contributed by atoms with Crippen LogP contribution in [0.4, 0.5) is 0 Å². The highest BCUT2D eigenvalue weighted by Crippen LogP contribution is 2.17. The Hall–Kier alpha value is -2.86. The number of amides is 2. The van der Waals surface area contributed by atoms with Gasteiger partial charge in [-0.05, 0) is 42.7 Å². The number of ether oxygens (including phenoxy) is 2. The second-order valence-electron chi connectivity index (χ2n) is 6.59. The van der Waals surface area contributed by atoms with Gasteiger partial charge in [0, 0.05) is 18.6 Å². The van der Waals surface area contributed by atoms with Gasteiger partial charge < -0.3 is 20.5 Å². The molecule has 2 atom stereocenters. The van der Waals surface area contributed by atoms with E-state index in [0.29, 0.717) is 24.3 Å². The summed E-state index contributed by atoms with van der Waals surface area (Å²) >= 11 is 0. The van der Waals surface area contributed by atoms with Gasteiger partial charge >= 0.3 is 0 Å². The second kappa shape index (κ2) is 9.19. The van der Waals surface area contributed by atoms with Gasteiger partial charge in [0.2, 0.25) is 5.91 Å². The van der Waals surface area contributed by atoms with Crippen LogP contribution in [0.1, 0.15) is 28.8 Å². The van der Waals surface area contributed by atoms with E-state index >= 15 is 0 Å². The molecule has 6 nitrogen and oxygen atoms in total. The molecule has 3 rings (SSSR count). The van der Waals surface area contributed by atoms with Crippen molar-refractivity contribution in [3.05, 3.63) is 65.7 Å². The number of nitrogens with two attached hydrogens (primary N) is 1. The van der Waals surface area contributed by atoms with E-state index in [1.165, 1.54) is 0 Å². The Labute approximate surface area is 158 Å². The van der Waals surface area contributed by atoms with Gasteiger partial charge in [-0.15, -0.1) is 0 Å². The van der Waals surface area contributed by atoms with Gasteiger partial charge in [0.25, 0.3) is 5.91 Å². The first-order chi connectivity index (χ1) is 13.1. The molecule has 1 fully saturated rings. The van der Waals surface area contributed by atoms with Crippen molar-refractivity contribution in [1.29, 1.82) is 0 Å². The number of hydrogen-bond donors (Lipinski definition) is 2. The van der Waals surface area contributed by atoms with Crippen molar-refractivity contribution in [2.24, 2.45) is 5.73 Å². The zero-order chi connectivity index (χ0) is 19.1. The Morgan fingerprint density at radius 3 is 2.52 bits per heavy atom. The molecule has 2 unspecified atom stereocenters. The molecule has 0 spiro atoms. The maximum Gasteiger partial charge on any atom is 0.251 e. The van der Waals surface area contributed by atoms with E-state index in [0.717, 1.165) is 25.0 Å². The lowest BCUT2D eigenvalue weighted by molar-refractivity contribution is -0.119. The highest BCUT2D eigenvalue weighted by atomic mass is 16.5. The molecule has 0 radical (unpaired) electrons. The van der Waals surface area contributed by atoms with Crippen molar-refractivity contribution in [3.63, 3.8) is 0 Å². The lowest BCUT2D eigenvalue weighted by Gasteiger charge is -2.16. The van der Waals surface area contributed by atoms with Crippen molar-refractivity contribution in [2.75, 3.05) is 13.2 Å². The Bertz CT molecular complexity index is 756. The Balaban J connectivity index is 1.56. The van der Waals surface area contributed by atoms with Crippen molar-refractivity contribution in [2.45, 2.75) is 31.4 Å². The molecule has 3 N–H and O–H groups in total. The first-order valence-corrected chi connectivity index (χ1v) is 9.10. The van der Waals surface area contributed by atoms with Gasteiger partial charge in [0.15, 0.2) is 0 Å². The summed E-state index contributed by atoms with van der Waals surface area (Å²) in [4.78, 5) is 24.2. The van der Waals surface area contributed by atoms with E-state index < -0.39 is 11.9 Å². The zero-order valence-electron chi connectivity index (χ0n) is 15.1. The average Bonchev–Trinajstić information content (AvgIpc) is 3.20. The summed E-state index contributed by atoms with van der Waals surface area (Å²) in [5.74, 6) is -0.234. The largest absolute Gasteiger partial charge is 0.491 e. The number of primary amides is 1. The van der Waals surface area contributed by atoms with Gasteiger partial charge in [-0.25, -0.2) is 0 Å². The fourth-order valence-corrected chi connectivity index (χ4v) is 2.98. The number of hydrogen-bond acceptors (Lipinski definition) is 4. The number of carbonyl (C=O) groups is 2. The maximum atomic E-state index is 12.4. The molecule has 142 valence electrons. The average molecular weight is 368 g/mol. The molecule has 2 amide bonds. The van der Waals surface area contributed by atoms with Crippen LogP contribution in [0.5, 0.6) is 5.75 Å². The summed E-state index contributed by atoms with van der Waals surface area (Å²) in [5, 5.41) is 2.70. The molecule has 1 saturated heterocycles. The van der Waals surface area contributed by atoms with E-state index in [1.807, 2.05) is 30.3 Å². The van der Waals surface area contributed by atoms with Crippen molar-refractivity contribution < 1.29 is 19.1 Å². The normalized spacial score (nSPS) is 17.3. The van der Waals surface area contributed by atoms with Gasteiger partial charge in [0.05, 0.1) is 6.10 Å². The number of carbonyl (C=O) groups excluding carboxylic acids is 2. The fourth-order valence-electron chi connectivity index (χ4n) is 2.98. The van der Waals surface area contributed by atoms with Crippen LogP contribution in [0.3, 0.4) is 0 Å². The molecule has 1 aliphatic heterocycles. The topological polar surface area (TPSA) is 90.7 Å². The molecule has 6 heteroatoms. The Morgan fingerprint density at radius 1 is 1.15 bits per heavy atom. The zero-order valence-corrected chi connectivity index (χ0v) is 15.1. The van der Waals surface area contributed by atoms with E-state index in [2.05, 4.69) is 5.32 Å². The first kappa shape index (κ1) is 18.9. The molecular formula is C21H24N2O4. The first-order valence-electron chi connectivity index (χ1n) is 9.10. The lowest BCUT2D eigenvalue weighted by atomic mass is 10.0. The minimum Gasteiger partial charge on any atom is -0.491 e. The quantitative estimate of drug-likeness (QED) is 0.746. The summed E-state index contributed by atoms with van der Waals surface area (Å²) < 4.78 is 11.2. The number of rotatable bonds is 8. The van der Waals surface area contributed by atoms with E-state index in [4.69, 9.17) is 15.2 Å². The van der Waals surface area contributed by atoms with Gasteiger partial charge in [-0.1, -0.05) is 30.3 Å². The highest BCUT2D eigenvalue weighted by molar-refractivity contribution is 5.97. The third-order valence-corrected chi connectivity index (χ3v) is 4.51. The Morgan fingerprint density at radius 2 is 1.89 bits per heavy atom. The lowest BCUT2D eigenvalue weighted by Crippen LogP contribution is -2.45. The number of nitrogens with one attached hydrogen (secondary N) is 1. The van der Waals surface area contributed by atoms with Crippen LogP contribution in [0.15, 0.2) is 54.6 Å². The molecule has 1 aliphatic rings. The summed E-state index contributed by atoms with van der Waals surface area (Å²) in [7, 11) is 0. The molecule has 0 saturated carbocycles. The summed E-state index contributed by atoms with van der Waals surface area (Å²) in [6.07, 6.45) is 2.57. The summed E-state index contributed by atoms with van der Waals surface area (Å²) in [6, 6.07) is 15.5. The molecule has 0 bridgehead atoms. The van der Waals surface area contributed by atoms with Crippen molar-refractivity contribution >= 4 is 11.8 Å². The minimum atomic E-state index is -0.768. The van der Waals surface area contributed by atoms with Crippen LogP contribution < -0.4 is 15.8 Å². The van der Waals surface area contributed by atoms with Gasteiger partial charge in [-0.2, -0.15) is 0 Å². The van der Waals surface area contributed by atoms with Crippen LogP contribution in [0, 0.1) is 0 Å². The van der Waals surface area contributed by atoms with Crippen LogP contribution in [0.25, 0.3) is 0 Å². The summed E-state index contributed by atoms with van der Waals surface area (Å²) in [6.45, 7) is 1.30. The van der Waals surface area contributed by atoms with E-state index in [1.54, 1.807) is 24.3 Å². The third kappa shape index (κ3) is 5.56. The van der Waals surface area contributed by atoms with Crippen molar-refractivity contribution in [3.8, 4) is 5.75 Å². The SMILES string of the molecule is NC(=O)C(Cc1ccccc1)NC(=O)c1ccc(OCC2CCCO2)cc1. The molecular weight excluding hydrogens is 344 g/mol. The second-order valence-corrected chi connectivity index (χ2v) is 6.59.